The summed E-state index contributed by atoms with van der Waals surface area (Å²) < 4.78 is 15.0. The van der Waals surface area contributed by atoms with Crippen molar-refractivity contribution in [1.29, 1.82) is 0 Å². The standard InChI is InChI=1S/C13H12BrFN4O3/c1-7-3-4-9(15)10(5-7)16-11(20)6-18-8(2)12(14)13(17-18)19(21)22/h3-5H,6H2,1-2H3,(H,16,20). The third-order valence-electron chi connectivity index (χ3n) is 2.98. The lowest BCUT2D eigenvalue weighted by atomic mass is 10.2. The molecule has 0 spiro atoms. The number of hydrogen-bond donors (Lipinski definition) is 1. The largest absolute Gasteiger partial charge is 0.404 e. The quantitative estimate of drug-likeness (QED) is 0.661. The van der Waals surface area contributed by atoms with E-state index in [9.17, 15) is 19.3 Å². The molecule has 7 nitrogen and oxygen atoms in total. The molecule has 22 heavy (non-hydrogen) atoms. The van der Waals surface area contributed by atoms with Gasteiger partial charge in [-0.2, -0.15) is 4.68 Å². The van der Waals surface area contributed by atoms with Crippen molar-refractivity contribution in [3.63, 3.8) is 0 Å². The molecule has 0 unspecified atom stereocenters. The molecule has 0 aliphatic rings. The number of aryl methyl sites for hydroxylation is 1. The van der Waals surface area contributed by atoms with Gasteiger partial charge in [0, 0.05) is 0 Å². The normalized spacial score (nSPS) is 10.5. The molecule has 0 saturated carbocycles. The number of amides is 1. The Morgan fingerprint density at radius 2 is 2.18 bits per heavy atom. The second-order valence-corrected chi connectivity index (χ2v) is 5.46. The average molecular weight is 371 g/mol. The third kappa shape index (κ3) is 3.30. The van der Waals surface area contributed by atoms with Crippen molar-refractivity contribution in [3.8, 4) is 0 Å². The summed E-state index contributed by atoms with van der Waals surface area (Å²) in [6, 6.07) is 4.34. The molecule has 0 aliphatic heterocycles. The Bertz CT molecular complexity index is 760. The molecule has 0 atom stereocenters. The Kier molecular flexibility index (Phi) is 4.55. The predicted octanol–water partition coefficient (Wildman–Crippen LogP) is 2.95. The smallest absolute Gasteiger partial charge is 0.358 e. The summed E-state index contributed by atoms with van der Waals surface area (Å²) in [6.07, 6.45) is 0. The second-order valence-electron chi connectivity index (χ2n) is 4.67. The number of nitrogens with one attached hydrogen (secondary N) is 1. The fourth-order valence-electron chi connectivity index (χ4n) is 1.84. The fraction of sp³-hybridized carbons (Fsp3) is 0.231. The average Bonchev–Trinajstić information content (AvgIpc) is 2.71. The van der Waals surface area contributed by atoms with Gasteiger partial charge in [0.1, 0.15) is 16.8 Å². The van der Waals surface area contributed by atoms with Gasteiger partial charge < -0.3 is 15.4 Å². The van der Waals surface area contributed by atoms with E-state index in [0.717, 1.165) is 5.56 Å². The minimum absolute atomic E-state index is 0.0587. The molecule has 2 aromatic rings. The number of anilines is 1. The highest BCUT2D eigenvalue weighted by Gasteiger charge is 2.24. The molecular weight excluding hydrogens is 359 g/mol. The van der Waals surface area contributed by atoms with Crippen LogP contribution in [0.25, 0.3) is 0 Å². The zero-order valence-electron chi connectivity index (χ0n) is 11.8. The van der Waals surface area contributed by atoms with E-state index in [0.29, 0.717) is 5.69 Å². The van der Waals surface area contributed by atoms with Crippen LogP contribution in [0.15, 0.2) is 22.7 Å². The van der Waals surface area contributed by atoms with E-state index >= 15 is 0 Å². The van der Waals surface area contributed by atoms with E-state index in [-0.39, 0.29) is 22.5 Å². The molecule has 1 heterocycles. The Hall–Kier alpha value is -2.29. The second kappa shape index (κ2) is 6.22. The van der Waals surface area contributed by atoms with Gasteiger partial charge in [-0.3, -0.25) is 4.79 Å². The Balaban J connectivity index is 2.17. The van der Waals surface area contributed by atoms with Crippen molar-refractivity contribution in [2.45, 2.75) is 20.4 Å². The summed E-state index contributed by atoms with van der Waals surface area (Å²) in [5.41, 5.74) is 1.29. The summed E-state index contributed by atoms with van der Waals surface area (Å²) >= 11 is 3.06. The monoisotopic (exact) mass is 370 g/mol. The van der Waals surface area contributed by atoms with Crippen molar-refractivity contribution < 1.29 is 14.1 Å². The maximum atomic E-state index is 13.6. The van der Waals surface area contributed by atoms with Gasteiger partial charge in [-0.05, 0) is 52.4 Å². The first-order valence-corrected chi connectivity index (χ1v) is 7.02. The van der Waals surface area contributed by atoms with Crippen LogP contribution in [0.3, 0.4) is 0 Å². The lowest BCUT2D eigenvalue weighted by Gasteiger charge is -2.07. The summed E-state index contributed by atoms with van der Waals surface area (Å²) in [5.74, 6) is -1.45. The van der Waals surface area contributed by atoms with Crippen molar-refractivity contribution in [1.82, 2.24) is 9.78 Å². The number of nitrogens with zero attached hydrogens (tertiary/aromatic N) is 3. The lowest BCUT2D eigenvalue weighted by molar-refractivity contribution is -0.390. The molecule has 0 fully saturated rings. The lowest BCUT2D eigenvalue weighted by Crippen LogP contribution is -2.21. The van der Waals surface area contributed by atoms with Gasteiger partial charge in [-0.15, -0.1) is 0 Å². The number of halogens is 2. The molecule has 1 aromatic carbocycles. The molecule has 9 heteroatoms. The SMILES string of the molecule is Cc1ccc(F)c(NC(=O)Cn2nc([N+](=O)[O-])c(Br)c2C)c1. The molecule has 0 saturated heterocycles. The number of nitro groups is 1. The number of carbonyl (C=O) groups is 1. The van der Waals surface area contributed by atoms with E-state index in [1.165, 1.54) is 16.8 Å². The van der Waals surface area contributed by atoms with Crippen molar-refractivity contribution in [3.05, 3.63) is 49.9 Å². The van der Waals surface area contributed by atoms with Crippen molar-refractivity contribution >= 4 is 33.3 Å². The minimum Gasteiger partial charge on any atom is -0.358 e. The molecule has 116 valence electrons. The van der Waals surface area contributed by atoms with Crippen LogP contribution in [0.5, 0.6) is 0 Å². The van der Waals surface area contributed by atoms with Crippen LogP contribution >= 0.6 is 15.9 Å². The first-order valence-electron chi connectivity index (χ1n) is 6.23. The van der Waals surface area contributed by atoms with Crippen molar-refractivity contribution in [2.24, 2.45) is 0 Å². The van der Waals surface area contributed by atoms with Gasteiger partial charge in [0.25, 0.3) is 0 Å². The molecule has 1 N–H and O–H groups in total. The van der Waals surface area contributed by atoms with E-state index < -0.39 is 16.6 Å². The molecule has 0 bridgehead atoms. The Morgan fingerprint density at radius 3 is 2.77 bits per heavy atom. The Morgan fingerprint density at radius 1 is 1.50 bits per heavy atom. The fourth-order valence-corrected chi connectivity index (χ4v) is 2.27. The molecule has 0 aliphatic carbocycles. The van der Waals surface area contributed by atoms with Crippen LogP contribution in [0.4, 0.5) is 15.9 Å². The molecule has 1 aromatic heterocycles. The van der Waals surface area contributed by atoms with Crippen LogP contribution < -0.4 is 5.32 Å². The van der Waals surface area contributed by atoms with Crippen LogP contribution in [0.1, 0.15) is 11.3 Å². The van der Waals surface area contributed by atoms with Gasteiger partial charge in [0.05, 0.1) is 16.5 Å². The number of hydrogen-bond acceptors (Lipinski definition) is 4. The molecule has 2 rings (SSSR count). The van der Waals surface area contributed by atoms with Crippen LogP contribution in [0.2, 0.25) is 0 Å². The number of carbonyl (C=O) groups excluding carboxylic acids is 1. The predicted molar refractivity (Wildman–Crippen MR) is 81.1 cm³/mol. The van der Waals surface area contributed by atoms with Crippen molar-refractivity contribution in [2.75, 3.05) is 5.32 Å². The van der Waals surface area contributed by atoms with E-state index in [2.05, 4.69) is 26.3 Å². The maximum absolute atomic E-state index is 13.6. The van der Waals surface area contributed by atoms with Crippen LogP contribution in [-0.4, -0.2) is 20.6 Å². The summed E-state index contributed by atoms with van der Waals surface area (Å²) in [4.78, 5) is 22.1. The highest BCUT2D eigenvalue weighted by atomic mass is 79.9. The first kappa shape index (κ1) is 16.1. The Labute approximate surface area is 133 Å². The highest BCUT2D eigenvalue weighted by Crippen LogP contribution is 2.27. The van der Waals surface area contributed by atoms with Crippen LogP contribution in [-0.2, 0) is 11.3 Å². The first-order chi connectivity index (χ1) is 10.3. The summed E-state index contributed by atoms with van der Waals surface area (Å²) in [5, 5.41) is 17.0. The van der Waals surface area contributed by atoms with Crippen LogP contribution in [0, 0.1) is 29.8 Å². The molecule has 0 radical (unpaired) electrons. The number of benzene rings is 1. The van der Waals surface area contributed by atoms with Gasteiger partial charge in [0.15, 0.2) is 0 Å². The molecule has 1 amide bonds. The van der Waals surface area contributed by atoms with Gasteiger partial charge in [-0.25, -0.2) is 4.39 Å². The minimum atomic E-state index is -0.647. The summed E-state index contributed by atoms with van der Waals surface area (Å²) in [6.45, 7) is 3.10. The van der Waals surface area contributed by atoms with Gasteiger partial charge in [0.2, 0.25) is 5.91 Å². The summed E-state index contributed by atoms with van der Waals surface area (Å²) in [7, 11) is 0. The van der Waals surface area contributed by atoms with E-state index in [1.54, 1.807) is 19.9 Å². The zero-order chi connectivity index (χ0) is 16.4. The number of aromatic nitrogens is 2. The topological polar surface area (TPSA) is 90.1 Å². The van der Waals surface area contributed by atoms with Gasteiger partial charge >= 0.3 is 5.82 Å². The van der Waals surface area contributed by atoms with E-state index in [4.69, 9.17) is 0 Å². The third-order valence-corrected chi connectivity index (χ3v) is 3.91. The van der Waals surface area contributed by atoms with Gasteiger partial charge in [-0.1, -0.05) is 6.07 Å². The molecular formula is C13H12BrFN4O3. The number of rotatable bonds is 4. The maximum Gasteiger partial charge on any atom is 0.404 e. The zero-order valence-corrected chi connectivity index (χ0v) is 13.3. The van der Waals surface area contributed by atoms with E-state index in [1.807, 2.05) is 0 Å². The highest BCUT2D eigenvalue weighted by molar-refractivity contribution is 9.10.